The fourth-order valence-electron chi connectivity index (χ4n) is 3.25. The summed E-state index contributed by atoms with van der Waals surface area (Å²) in [4.78, 5) is 47.5. The molecule has 3 aromatic rings. The summed E-state index contributed by atoms with van der Waals surface area (Å²) in [5.41, 5.74) is 6.56. The van der Waals surface area contributed by atoms with E-state index in [1.54, 1.807) is 55.5 Å². The van der Waals surface area contributed by atoms with Crippen LogP contribution < -0.4 is 37.3 Å². The van der Waals surface area contributed by atoms with Crippen molar-refractivity contribution in [1.82, 2.24) is 10.6 Å². The molecule has 196 valence electrons. The number of nitrogens with two attached hydrogens (primary N) is 1. The molecular weight excluding hydrogens is 480 g/mol. The van der Waals surface area contributed by atoms with Crippen LogP contribution in [-0.2, 0) is 9.47 Å². The molecule has 3 aromatic carbocycles. The highest BCUT2D eigenvalue weighted by Gasteiger charge is 2.22. The molecule has 3 rings (SSSR count). The second-order valence-electron chi connectivity index (χ2n) is 7.86. The first-order valence-electron chi connectivity index (χ1n) is 11.8. The van der Waals surface area contributed by atoms with E-state index < -0.39 is 10.9 Å². The highest BCUT2D eigenvalue weighted by Crippen LogP contribution is 2.22. The second kappa shape index (κ2) is 13.8. The third kappa shape index (κ3) is 7.89. The van der Waals surface area contributed by atoms with Crippen molar-refractivity contribution in [3.63, 3.8) is 0 Å². The summed E-state index contributed by atoms with van der Waals surface area (Å²) in [5.74, 6) is -0.437. The molecule has 37 heavy (non-hydrogen) atoms. The lowest BCUT2D eigenvalue weighted by atomic mass is 10.1. The van der Waals surface area contributed by atoms with Gasteiger partial charge in [0.1, 0.15) is 5.69 Å². The first-order chi connectivity index (χ1) is 17.9. The van der Waals surface area contributed by atoms with Crippen molar-refractivity contribution in [2.24, 2.45) is 0 Å². The van der Waals surface area contributed by atoms with Gasteiger partial charge in [0, 0.05) is 35.6 Å². The van der Waals surface area contributed by atoms with E-state index in [-0.39, 0.29) is 29.9 Å². The van der Waals surface area contributed by atoms with E-state index in [2.05, 4.69) is 16.0 Å². The number of anilines is 3. The third-order valence-corrected chi connectivity index (χ3v) is 5.18. The van der Waals surface area contributed by atoms with Gasteiger partial charge in [0.05, 0.1) is 33.0 Å². The number of carbonyl (C=O) groups is 2. The lowest BCUT2D eigenvalue weighted by Gasteiger charge is -2.13. The molecule has 0 saturated carbocycles. The van der Waals surface area contributed by atoms with Crippen LogP contribution in [-0.4, -0.2) is 57.9 Å². The standard InChI is InChI=1S/C26H30N4O7/c1-2-37-24-21(22(31)23(24)32)30-20-9-5-18(6-10-20)26(34)29-12-14-36-16-15-35-13-11-28-25(33)17-3-7-19(27)8-4-17/h3-10,30H,2,11-16,27H2,1H3,(H,28,33)(H,29,34). The van der Waals surface area contributed by atoms with Gasteiger partial charge >= 0.3 is 0 Å². The monoisotopic (exact) mass is 510 g/mol. The summed E-state index contributed by atoms with van der Waals surface area (Å²) >= 11 is 0. The number of nitrogen functional groups attached to an aromatic ring is 1. The van der Waals surface area contributed by atoms with E-state index in [0.717, 1.165) is 0 Å². The van der Waals surface area contributed by atoms with Gasteiger partial charge in [0.2, 0.25) is 0 Å². The van der Waals surface area contributed by atoms with Gasteiger partial charge in [-0.1, -0.05) is 0 Å². The van der Waals surface area contributed by atoms with E-state index in [1.165, 1.54) is 0 Å². The Morgan fingerprint density at radius 1 is 0.757 bits per heavy atom. The largest absolute Gasteiger partial charge is 0.488 e. The Hall–Kier alpha value is -4.22. The highest BCUT2D eigenvalue weighted by molar-refractivity contribution is 5.95. The Morgan fingerprint density at radius 2 is 1.27 bits per heavy atom. The van der Waals surface area contributed by atoms with Crippen LogP contribution >= 0.6 is 0 Å². The molecule has 0 unspecified atom stereocenters. The molecule has 0 spiro atoms. The zero-order valence-electron chi connectivity index (χ0n) is 20.5. The van der Waals surface area contributed by atoms with Crippen LogP contribution in [0.3, 0.4) is 0 Å². The summed E-state index contributed by atoms with van der Waals surface area (Å²) in [6, 6.07) is 13.1. The lowest BCUT2D eigenvalue weighted by Crippen LogP contribution is -2.35. The first-order valence-corrected chi connectivity index (χ1v) is 11.8. The quantitative estimate of drug-likeness (QED) is 0.134. The second-order valence-corrected chi connectivity index (χ2v) is 7.86. The number of benzene rings is 2. The number of hydrogen-bond donors (Lipinski definition) is 4. The van der Waals surface area contributed by atoms with Gasteiger partial charge in [0.25, 0.3) is 22.7 Å². The van der Waals surface area contributed by atoms with E-state index in [9.17, 15) is 19.2 Å². The van der Waals surface area contributed by atoms with Gasteiger partial charge in [-0.15, -0.1) is 0 Å². The van der Waals surface area contributed by atoms with Crippen molar-refractivity contribution in [3.05, 3.63) is 80.1 Å². The number of nitrogens with one attached hydrogen (secondary N) is 3. The Kier molecular flexibility index (Phi) is 10.2. The molecule has 0 aliphatic rings. The van der Waals surface area contributed by atoms with Crippen molar-refractivity contribution in [3.8, 4) is 5.75 Å². The molecule has 0 saturated heterocycles. The van der Waals surface area contributed by atoms with Gasteiger partial charge in [0.15, 0.2) is 5.75 Å². The van der Waals surface area contributed by atoms with Gasteiger partial charge in [-0.25, -0.2) is 0 Å². The summed E-state index contributed by atoms with van der Waals surface area (Å²) < 4.78 is 16.0. The van der Waals surface area contributed by atoms with Gasteiger partial charge in [-0.3, -0.25) is 19.2 Å². The predicted molar refractivity (Wildman–Crippen MR) is 139 cm³/mol. The van der Waals surface area contributed by atoms with E-state index in [1.807, 2.05) is 0 Å². The van der Waals surface area contributed by atoms with Crippen molar-refractivity contribution >= 4 is 28.9 Å². The van der Waals surface area contributed by atoms with Crippen LogP contribution in [0.4, 0.5) is 17.1 Å². The molecule has 0 radical (unpaired) electrons. The van der Waals surface area contributed by atoms with Crippen LogP contribution in [0.25, 0.3) is 0 Å². The average Bonchev–Trinajstić information content (AvgIpc) is 2.91. The molecule has 0 fully saturated rings. The minimum Gasteiger partial charge on any atom is -0.488 e. The Balaban J connectivity index is 1.24. The topological polar surface area (TPSA) is 158 Å². The summed E-state index contributed by atoms with van der Waals surface area (Å²) in [7, 11) is 0. The van der Waals surface area contributed by atoms with Gasteiger partial charge < -0.3 is 35.9 Å². The zero-order chi connectivity index (χ0) is 26.6. The van der Waals surface area contributed by atoms with Gasteiger partial charge in [-0.2, -0.15) is 0 Å². The minimum atomic E-state index is -0.645. The van der Waals surface area contributed by atoms with Crippen molar-refractivity contribution in [2.75, 3.05) is 57.2 Å². The van der Waals surface area contributed by atoms with E-state index in [4.69, 9.17) is 19.9 Å². The SMILES string of the molecule is CCOc1c(Nc2ccc(C(=O)NCCOCCOCCNC(=O)c3ccc(N)cc3)cc2)c(=O)c1=O. The lowest BCUT2D eigenvalue weighted by molar-refractivity contribution is 0.0486. The Morgan fingerprint density at radius 3 is 1.78 bits per heavy atom. The minimum absolute atomic E-state index is 0.0286. The van der Waals surface area contributed by atoms with E-state index in [0.29, 0.717) is 62.0 Å². The smallest absolute Gasteiger partial charge is 0.272 e. The fraction of sp³-hybridized carbons (Fsp3) is 0.308. The van der Waals surface area contributed by atoms with Crippen LogP contribution in [0.1, 0.15) is 27.6 Å². The molecule has 0 atom stereocenters. The molecule has 0 aliphatic heterocycles. The maximum absolute atomic E-state index is 12.3. The van der Waals surface area contributed by atoms with Crippen molar-refractivity contribution in [2.45, 2.75) is 6.92 Å². The normalized spacial score (nSPS) is 10.7. The molecule has 5 N–H and O–H groups in total. The summed E-state index contributed by atoms with van der Waals surface area (Å²) in [5, 5.41) is 8.36. The number of amides is 2. The van der Waals surface area contributed by atoms with E-state index >= 15 is 0 Å². The maximum Gasteiger partial charge on any atom is 0.272 e. The molecular formula is C26H30N4O7. The number of rotatable bonds is 15. The van der Waals surface area contributed by atoms with Crippen LogP contribution in [0.15, 0.2) is 58.1 Å². The van der Waals surface area contributed by atoms with Crippen LogP contribution in [0.5, 0.6) is 5.75 Å². The van der Waals surface area contributed by atoms with Crippen LogP contribution in [0, 0.1) is 0 Å². The molecule has 0 heterocycles. The van der Waals surface area contributed by atoms with Crippen molar-refractivity contribution < 1.29 is 23.8 Å². The zero-order valence-corrected chi connectivity index (χ0v) is 20.5. The number of carbonyl (C=O) groups excluding carboxylic acids is 2. The molecule has 11 nitrogen and oxygen atoms in total. The first kappa shape index (κ1) is 27.4. The summed E-state index contributed by atoms with van der Waals surface area (Å²) in [6.07, 6.45) is 0. The van der Waals surface area contributed by atoms with Crippen LogP contribution in [0.2, 0.25) is 0 Å². The molecule has 0 aromatic heterocycles. The van der Waals surface area contributed by atoms with Crippen molar-refractivity contribution in [1.29, 1.82) is 0 Å². The highest BCUT2D eigenvalue weighted by atomic mass is 16.5. The maximum atomic E-state index is 12.3. The summed E-state index contributed by atoms with van der Waals surface area (Å²) in [6.45, 7) is 4.06. The van der Waals surface area contributed by atoms with Gasteiger partial charge in [-0.05, 0) is 55.5 Å². The molecule has 0 aliphatic carbocycles. The Bertz CT molecular complexity index is 1250. The molecule has 2 amide bonds. The fourth-order valence-corrected chi connectivity index (χ4v) is 3.25. The third-order valence-electron chi connectivity index (χ3n) is 5.18. The molecule has 11 heteroatoms. The number of ether oxygens (including phenoxy) is 3. The molecule has 0 bridgehead atoms. The number of hydrogen-bond acceptors (Lipinski definition) is 9. The average molecular weight is 511 g/mol. The Labute approximate surface area is 213 Å². The predicted octanol–water partition coefficient (Wildman–Crippen LogP) is 1.20.